The maximum absolute atomic E-state index is 10.9. The third-order valence-corrected chi connectivity index (χ3v) is 4.38. The predicted molar refractivity (Wildman–Crippen MR) is 75.1 cm³/mol. The first-order valence-corrected chi connectivity index (χ1v) is 7.09. The molecule has 21 heavy (non-hydrogen) atoms. The summed E-state index contributed by atoms with van der Waals surface area (Å²) in [5.74, 6) is -1.07. The van der Waals surface area contributed by atoms with Gasteiger partial charge in [-0.1, -0.05) is 0 Å². The van der Waals surface area contributed by atoms with Crippen molar-refractivity contribution in [2.45, 2.75) is 23.5 Å². The average molecular weight is 374 g/mol. The van der Waals surface area contributed by atoms with Crippen LogP contribution in [-0.4, -0.2) is 36.2 Å². The van der Waals surface area contributed by atoms with Crippen molar-refractivity contribution in [3.05, 3.63) is 32.3 Å². The second-order valence-corrected chi connectivity index (χ2v) is 5.80. The van der Waals surface area contributed by atoms with Gasteiger partial charge < -0.3 is 5.11 Å². The molecule has 1 heterocycles. The Balaban J connectivity index is 2.32. The van der Waals surface area contributed by atoms with E-state index >= 15 is 0 Å². The minimum absolute atomic E-state index is 0.00338. The van der Waals surface area contributed by atoms with Crippen LogP contribution in [0.2, 0.25) is 0 Å². The standard InChI is InChI=1S/C10H8BrN5O4S/c1-5-2-8(6(11)3-7(5)16(19)20)21-10-12-13-14-15(10)4-9(17)18/h2-3H,4H2,1H3,(H,17,18). The zero-order valence-corrected chi connectivity index (χ0v) is 13.0. The van der Waals surface area contributed by atoms with Gasteiger partial charge in [0.1, 0.15) is 6.54 Å². The summed E-state index contributed by atoms with van der Waals surface area (Å²) in [4.78, 5) is 21.7. The van der Waals surface area contributed by atoms with E-state index in [-0.39, 0.29) is 17.4 Å². The first-order chi connectivity index (χ1) is 9.88. The van der Waals surface area contributed by atoms with Crippen molar-refractivity contribution in [1.29, 1.82) is 0 Å². The normalized spacial score (nSPS) is 10.6. The van der Waals surface area contributed by atoms with Crippen molar-refractivity contribution in [2.75, 3.05) is 0 Å². The number of carbonyl (C=O) groups is 1. The van der Waals surface area contributed by atoms with Crippen molar-refractivity contribution in [3.63, 3.8) is 0 Å². The van der Waals surface area contributed by atoms with Crippen LogP contribution in [0.15, 0.2) is 26.7 Å². The SMILES string of the molecule is Cc1cc(Sc2nnnn2CC(=O)O)c(Br)cc1[N+](=O)[O-]. The zero-order valence-electron chi connectivity index (χ0n) is 10.6. The fourth-order valence-corrected chi connectivity index (χ4v) is 2.96. The fourth-order valence-electron chi connectivity index (χ4n) is 1.51. The molecular weight excluding hydrogens is 366 g/mol. The Kier molecular flexibility index (Phi) is 4.53. The number of hydrogen-bond donors (Lipinski definition) is 1. The van der Waals surface area contributed by atoms with Gasteiger partial charge in [-0.3, -0.25) is 14.9 Å². The van der Waals surface area contributed by atoms with Crippen LogP contribution in [-0.2, 0) is 11.3 Å². The first-order valence-electron chi connectivity index (χ1n) is 5.49. The highest BCUT2D eigenvalue weighted by Gasteiger charge is 2.17. The quantitative estimate of drug-likeness (QED) is 0.622. The van der Waals surface area contributed by atoms with Gasteiger partial charge in [-0.25, -0.2) is 4.68 Å². The number of nitro groups is 1. The lowest BCUT2D eigenvalue weighted by Gasteiger charge is -2.06. The van der Waals surface area contributed by atoms with Crippen molar-refractivity contribution in [3.8, 4) is 0 Å². The maximum Gasteiger partial charge on any atom is 0.325 e. The maximum atomic E-state index is 10.9. The van der Waals surface area contributed by atoms with E-state index in [1.807, 2.05) is 0 Å². The van der Waals surface area contributed by atoms with E-state index in [9.17, 15) is 14.9 Å². The summed E-state index contributed by atoms with van der Waals surface area (Å²) in [5, 5.41) is 30.6. The molecule has 2 aromatic rings. The van der Waals surface area contributed by atoms with Gasteiger partial charge in [0.25, 0.3) is 5.69 Å². The lowest BCUT2D eigenvalue weighted by molar-refractivity contribution is -0.385. The molecule has 0 saturated carbocycles. The monoisotopic (exact) mass is 373 g/mol. The largest absolute Gasteiger partial charge is 0.480 e. The highest BCUT2D eigenvalue weighted by molar-refractivity contribution is 9.10. The van der Waals surface area contributed by atoms with Crippen LogP contribution in [0.1, 0.15) is 5.56 Å². The number of carboxylic acid groups (broad SMARTS) is 1. The minimum atomic E-state index is -1.07. The van der Waals surface area contributed by atoms with E-state index in [1.54, 1.807) is 13.0 Å². The van der Waals surface area contributed by atoms with Crippen LogP contribution in [0.4, 0.5) is 5.69 Å². The van der Waals surface area contributed by atoms with E-state index in [1.165, 1.54) is 6.07 Å². The topological polar surface area (TPSA) is 124 Å². The molecule has 2 rings (SSSR count). The third-order valence-electron chi connectivity index (χ3n) is 2.43. The molecule has 0 bridgehead atoms. The van der Waals surface area contributed by atoms with Gasteiger partial charge in [-0.05, 0) is 51.1 Å². The molecule has 0 aliphatic rings. The van der Waals surface area contributed by atoms with Crippen molar-refractivity contribution >= 4 is 39.3 Å². The molecule has 1 N–H and O–H groups in total. The molecule has 0 aliphatic heterocycles. The summed E-state index contributed by atoms with van der Waals surface area (Å²) < 4.78 is 1.64. The molecule has 9 nitrogen and oxygen atoms in total. The molecule has 1 aromatic carbocycles. The number of rotatable bonds is 5. The van der Waals surface area contributed by atoms with Gasteiger partial charge >= 0.3 is 5.97 Å². The van der Waals surface area contributed by atoms with Crippen LogP contribution in [0.3, 0.4) is 0 Å². The van der Waals surface area contributed by atoms with E-state index in [2.05, 4.69) is 31.5 Å². The van der Waals surface area contributed by atoms with E-state index in [4.69, 9.17) is 5.11 Å². The van der Waals surface area contributed by atoms with Crippen LogP contribution < -0.4 is 0 Å². The Labute approximate surface area is 130 Å². The van der Waals surface area contributed by atoms with Gasteiger partial charge in [0, 0.05) is 21.0 Å². The van der Waals surface area contributed by atoms with Crippen molar-refractivity contribution < 1.29 is 14.8 Å². The number of hydrogen-bond acceptors (Lipinski definition) is 7. The van der Waals surface area contributed by atoms with Gasteiger partial charge in [-0.15, -0.1) is 5.10 Å². The van der Waals surface area contributed by atoms with Crippen molar-refractivity contribution in [2.24, 2.45) is 0 Å². The van der Waals surface area contributed by atoms with E-state index < -0.39 is 10.9 Å². The van der Waals surface area contributed by atoms with Gasteiger partial charge in [0.15, 0.2) is 0 Å². The van der Waals surface area contributed by atoms with Crippen LogP contribution >= 0.6 is 27.7 Å². The Morgan fingerprint density at radius 3 is 2.90 bits per heavy atom. The molecule has 0 saturated heterocycles. The number of carboxylic acids is 1. The lowest BCUT2D eigenvalue weighted by atomic mass is 10.2. The predicted octanol–water partition coefficient (Wildman–Crippen LogP) is 1.89. The molecule has 0 amide bonds. The lowest BCUT2D eigenvalue weighted by Crippen LogP contribution is -2.11. The number of aliphatic carboxylic acids is 1. The molecule has 0 radical (unpaired) electrons. The molecule has 0 spiro atoms. The van der Waals surface area contributed by atoms with Crippen molar-refractivity contribution in [1.82, 2.24) is 20.2 Å². The summed E-state index contributed by atoms with van der Waals surface area (Å²) in [5.41, 5.74) is 0.485. The third kappa shape index (κ3) is 3.55. The second-order valence-electron chi connectivity index (χ2n) is 3.94. The summed E-state index contributed by atoms with van der Waals surface area (Å²) in [7, 11) is 0. The number of tetrazole rings is 1. The summed E-state index contributed by atoms with van der Waals surface area (Å²) in [6, 6.07) is 3.01. The Morgan fingerprint density at radius 1 is 1.57 bits per heavy atom. The number of nitrogens with zero attached hydrogens (tertiary/aromatic N) is 5. The van der Waals surface area contributed by atoms with Crippen LogP contribution in [0, 0.1) is 17.0 Å². The summed E-state index contributed by atoms with van der Waals surface area (Å²) in [6.07, 6.45) is 0. The molecular formula is C10H8BrN5O4S. The van der Waals surface area contributed by atoms with Gasteiger partial charge in [0.2, 0.25) is 5.16 Å². The number of aromatic nitrogens is 4. The Hall–Kier alpha value is -2.01. The fraction of sp³-hybridized carbons (Fsp3) is 0.200. The second kappa shape index (κ2) is 6.18. The Morgan fingerprint density at radius 2 is 2.29 bits per heavy atom. The number of aryl methyl sites for hydroxylation is 1. The van der Waals surface area contributed by atoms with E-state index in [0.29, 0.717) is 14.9 Å². The van der Waals surface area contributed by atoms with Crippen LogP contribution in [0.25, 0.3) is 0 Å². The molecule has 0 aliphatic carbocycles. The Bertz CT molecular complexity index is 719. The average Bonchev–Trinajstić information content (AvgIpc) is 2.79. The van der Waals surface area contributed by atoms with Crippen LogP contribution in [0.5, 0.6) is 0 Å². The summed E-state index contributed by atoms with van der Waals surface area (Å²) in [6.45, 7) is 1.26. The minimum Gasteiger partial charge on any atom is -0.480 e. The van der Waals surface area contributed by atoms with E-state index in [0.717, 1.165) is 16.4 Å². The summed E-state index contributed by atoms with van der Waals surface area (Å²) >= 11 is 4.37. The number of benzene rings is 1. The molecule has 0 unspecified atom stereocenters. The molecule has 11 heteroatoms. The molecule has 1 aromatic heterocycles. The first kappa shape index (κ1) is 15.4. The zero-order chi connectivity index (χ0) is 15.6. The molecule has 0 atom stereocenters. The number of nitro benzene ring substituents is 1. The smallest absolute Gasteiger partial charge is 0.325 e. The highest BCUT2D eigenvalue weighted by atomic mass is 79.9. The highest BCUT2D eigenvalue weighted by Crippen LogP contribution is 2.36. The van der Waals surface area contributed by atoms with Gasteiger partial charge in [0.05, 0.1) is 4.92 Å². The van der Waals surface area contributed by atoms with Gasteiger partial charge in [-0.2, -0.15) is 0 Å². The molecule has 110 valence electrons. The number of halogens is 1. The molecule has 0 fully saturated rings.